The van der Waals surface area contributed by atoms with Crippen LogP contribution in [0.1, 0.15) is 48.5 Å². The number of benzene rings is 2. The molecule has 2 aromatic rings. The van der Waals surface area contributed by atoms with Gasteiger partial charge >= 0.3 is 0 Å². The van der Waals surface area contributed by atoms with Crippen LogP contribution in [0.25, 0.3) is 0 Å². The summed E-state index contributed by atoms with van der Waals surface area (Å²) in [5.74, 6) is -1.48. The summed E-state index contributed by atoms with van der Waals surface area (Å²) in [5.41, 5.74) is -0.792. The van der Waals surface area contributed by atoms with Crippen molar-refractivity contribution in [2.45, 2.75) is 48.4 Å². The largest absolute Gasteiger partial charge is 0.390 e. The van der Waals surface area contributed by atoms with Gasteiger partial charge in [0.2, 0.25) is 0 Å². The van der Waals surface area contributed by atoms with Crippen LogP contribution in [0.2, 0.25) is 5.02 Å². The topological polar surface area (TPSA) is 107 Å². The molecule has 0 radical (unpaired) electrons. The number of aliphatic hydroxyl groups is 1. The first-order valence-electron chi connectivity index (χ1n) is 10.3. The van der Waals surface area contributed by atoms with Crippen LogP contribution in [0.15, 0.2) is 41.3 Å². The van der Waals surface area contributed by atoms with Gasteiger partial charge in [-0.15, -0.1) is 0 Å². The van der Waals surface area contributed by atoms with Crippen molar-refractivity contribution in [1.82, 2.24) is 0 Å². The molecule has 6 nitrogen and oxygen atoms in total. The highest BCUT2D eigenvalue weighted by Gasteiger charge is 2.53. The molecule has 2 N–H and O–H groups in total. The van der Waals surface area contributed by atoms with E-state index in [0.717, 1.165) is 18.9 Å². The number of fused-ring (bicyclic) bond motifs is 2. The van der Waals surface area contributed by atoms with Gasteiger partial charge in [0, 0.05) is 11.3 Å². The summed E-state index contributed by atoms with van der Waals surface area (Å²) in [6, 6.07) is 9.29. The van der Waals surface area contributed by atoms with E-state index < -0.39 is 32.4 Å². The lowest BCUT2D eigenvalue weighted by atomic mass is 9.76. The number of hydrogen-bond donors (Lipinski definition) is 2. The summed E-state index contributed by atoms with van der Waals surface area (Å²) < 4.78 is 40.3. The predicted molar refractivity (Wildman–Crippen MR) is 118 cm³/mol. The van der Waals surface area contributed by atoms with Crippen LogP contribution in [0, 0.1) is 29.0 Å². The van der Waals surface area contributed by atoms with Crippen molar-refractivity contribution >= 4 is 33.0 Å². The zero-order chi connectivity index (χ0) is 23.3. The molecule has 0 aliphatic heterocycles. The van der Waals surface area contributed by atoms with E-state index in [1.54, 1.807) is 13.0 Å². The molecule has 4 atom stereocenters. The van der Waals surface area contributed by atoms with E-state index in [0.29, 0.717) is 12.8 Å². The van der Waals surface area contributed by atoms with Gasteiger partial charge in [0.1, 0.15) is 11.9 Å². The Bertz CT molecular complexity index is 1220. The lowest BCUT2D eigenvalue weighted by molar-refractivity contribution is -0.0413. The second-order valence-electron chi connectivity index (χ2n) is 8.74. The molecule has 2 aromatic carbocycles. The molecule has 2 bridgehead atoms. The van der Waals surface area contributed by atoms with Gasteiger partial charge < -0.3 is 10.4 Å². The normalized spacial score (nSPS) is 27.0. The van der Waals surface area contributed by atoms with Crippen LogP contribution in [0.3, 0.4) is 0 Å². The van der Waals surface area contributed by atoms with Gasteiger partial charge in [0.25, 0.3) is 5.91 Å². The number of carbonyl (C=O) groups excluding carboxylic acids is 1. The van der Waals surface area contributed by atoms with E-state index in [4.69, 9.17) is 16.9 Å². The number of amides is 1. The number of sulfone groups is 1. The van der Waals surface area contributed by atoms with Crippen molar-refractivity contribution in [3.8, 4) is 6.07 Å². The molecule has 0 saturated heterocycles. The van der Waals surface area contributed by atoms with Gasteiger partial charge in [-0.25, -0.2) is 12.8 Å². The van der Waals surface area contributed by atoms with Crippen molar-refractivity contribution in [3.05, 3.63) is 58.4 Å². The minimum atomic E-state index is -3.83. The number of halogens is 2. The van der Waals surface area contributed by atoms with Crippen molar-refractivity contribution in [1.29, 1.82) is 5.26 Å². The molecule has 2 fully saturated rings. The summed E-state index contributed by atoms with van der Waals surface area (Å²) in [6.07, 6.45) is 2.29. The van der Waals surface area contributed by atoms with Crippen LogP contribution in [-0.4, -0.2) is 30.3 Å². The predicted octanol–water partition coefficient (Wildman–Crippen LogP) is 4.32. The summed E-state index contributed by atoms with van der Waals surface area (Å²) >= 11 is 6.23. The van der Waals surface area contributed by atoms with Crippen molar-refractivity contribution in [3.63, 3.8) is 0 Å². The summed E-state index contributed by atoms with van der Waals surface area (Å²) in [5, 5.41) is 21.5. The molecule has 168 valence electrons. The first-order chi connectivity index (χ1) is 15.0. The van der Waals surface area contributed by atoms with Crippen LogP contribution in [-0.2, 0) is 9.84 Å². The fourth-order valence-electron chi connectivity index (χ4n) is 4.95. The minimum Gasteiger partial charge on any atom is -0.390 e. The van der Waals surface area contributed by atoms with Crippen LogP contribution in [0.5, 0.6) is 0 Å². The van der Waals surface area contributed by atoms with Crippen molar-refractivity contribution < 1.29 is 22.7 Å². The Kier molecular flexibility index (Phi) is 5.78. The van der Waals surface area contributed by atoms with Gasteiger partial charge in [0.15, 0.2) is 9.84 Å². The van der Waals surface area contributed by atoms with Crippen LogP contribution >= 0.6 is 11.6 Å². The average Bonchev–Trinajstić information content (AvgIpc) is 2.92. The molecule has 4 rings (SSSR count). The smallest absolute Gasteiger partial charge is 0.255 e. The Morgan fingerprint density at radius 2 is 1.88 bits per heavy atom. The van der Waals surface area contributed by atoms with E-state index >= 15 is 0 Å². The number of nitrogens with zero attached hydrogens (tertiary/aromatic N) is 1. The van der Waals surface area contributed by atoms with E-state index in [9.17, 15) is 22.7 Å². The number of hydrogen-bond acceptors (Lipinski definition) is 5. The second-order valence-corrected chi connectivity index (χ2v) is 11.3. The van der Waals surface area contributed by atoms with Gasteiger partial charge in [-0.3, -0.25) is 4.79 Å². The Morgan fingerprint density at radius 1 is 1.22 bits per heavy atom. The van der Waals surface area contributed by atoms with Gasteiger partial charge in [0.05, 0.1) is 26.3 Å². The fourth-order valence-corrected chi connectivity index (χ4v) is 7.35. The fraction of sp³-hybridized carbons (Fsp3) is 0.391. The number of anilines is 1. The average molecular weight is 477 g/mol. The molecule has 1 amide bonds. The molecular formula is C23H22ClFN2O4S. The van der Waals surface area contributed by atoms with Crippen LogP contribution in [0.4, 0.5) is 10.1 Å². The molecule has 9 heteroatoms. The Morgan fingerprint density at radius 3 is 2.50 bits per heavy atom. The zero-order valence-corrected chi connectivity index (χ0v) is 18.9. The Balaban J connectivity index is 1.60. The maximum Gasteiger partial charge on any atom is 0.255 e. The minimum absolute atomic E-state index is 0.0276. The van der Waals surface area contributed by atoms with E-state index in [1.165, 1.54) is 30.3 Å². The Hall–Kier alpha value is -2.47. The highest BCUT2D eigenvalue weighted by Crippen LogP contribution is 2.51. The quantitative estimate of drug-likeness (QED) is 0.683. The maximum absolute atomic E-state index is 13.5. The van der Waals surface area contributed by atoms with Gasteiger partial charge in [-0.1, -0.05) is 11.6 Å². The zero-order valence-electron chi connectivity index (χ0n) is 17.3. The molecule has 2 aliphatic carbocycles. The molecule has 0 spiro atoms. The third-order valence-corrected chi connectivity index (χ3v) is 9.55. The van der Waals surface area contributed by atoms with Gasteiger partial charge in [-0.05, 0) is 80.8 Å². The third-order valence-electron chi connectivity index (χ3n) is 6.89. The highest BCUT2D eigenvalue weighted by atomic mass is 35.5. The summed E-state index contributed by atoms with van der Waals surface area (Å²) in [4.78, 5) is 12.6. The van der Waals surface area contributed by atoms with E-state index in [2.05, 4.69) is 5.32 Å². The standard InChI is InChI=1S/C23H22ClFN2O4S/c1-23(29)15-3-4-16(23)11-18(10-15)32(30,31)21-9-13(2-6-19(21)24)22(28)27-17-5-7-20(25)14(8-17)12-26/h2,5-9,15-16,18,29H,3-4,10-11H2,1H3,(H,27,28)/t15-,16?,18?,23?/m0/s1. The molecule has 2 saturated carbocycles. The summed E-state index contributed by atoms with van der Waals surface area (Å²) in [6.45, 7) is 1.78. The third kappa shape index (κ3) is 3.90. The van der Waals surface area contributed by atoms with Crippen molar-refractivity contribution in [2.75, 3.05) is 5.32 Å². The lowest BCUT2D eigenvalue weighted by Crippen LogP contribution is -2.45. The molecule has 3 unspecified atom stereocenters. The molecular weight excluding hydrogens is 455 g/mol. The number of carbonyl (C=O) groups is 1. The SMILES string of the molecule is CC1(O)C2CC[C@H]1CC(S(=O)(=O)c1cc(C(=O)Nc3ccc(F)c(C#N)c3)ccc1Cl)C2. The second kappa shape index (κ2) is 8.14. The number of nitrogens with one attached hydrogen (secondary N) is 1. The Labute approximate surface area is 190 Å². The highest BCUT2D eigenvalue weighted by molar-refractivity contribution is 7.92. The molecule has 2 aliphatic rings. The first kappa shape index (κ1) is 22.7. The van der Waals surface area contributed by atoms with Gasteiger partial charge in [-0.2, -0.15) is 5.26 Å². The molecule has 32 heavy (non-hydrogen) atoms. The lowest BCUT2D eigenvalue weighted by Gasteiger charge is -2.40. The van der Waals surface area contributed by atoms with Crippen LogP contribution < -0.4 is 5.32 Å². The maximum atomic E-state index is 13.5. The van der Waals surface area contributed by atoms with E-state index in [-0.39, 0.29) is 38.6 Å². The molecule has 0 heterocycles. The monoisotopic (exact) mass is 476 g/mol. The summed E-state index contributed by atoms with van der Waals surface area (Å²) in [7, 11) is -3.83. The molecule has 0 aromatic heterocycles. The number of rotatable bonds is 4. The first-order valence-corrected chi connectivity index (χ1v) is 12.2. The van der Waals surface area contributed by atoms with Crippen molar-refractivity contribution in [2.24, 2.45) is 11.8 Å². The number of nitriles is 1. The van der Waals surface area contributed by atoms with E-state index in [1.807, 2.05) is 0 Å².